The molecule has 2 heterocycles. The van der Waals surface area contributed by atoms with E-state index >= 15 is 0 Å². The number of methoxy groups -OCH3 is 1. The predicted octanol–water partition coefficient (Wildman–Crippen LogP) is 2.38. The molecular weight excluding hydrogens is 304 g/mol. The molecule has 3 rings (SSSR count). The third kappa shape index (κ3) is 3.10. The van der Waals surface area contributed by atoms with Crippen LogP contribution in [0, 0.1) is 18.6 Å². The first-order valence-corrected chi connectivity index (χ1v) is 7.27. The van der Waals surface area contributed by atoms with Gasteiger partial charge in [0.2, 0.25) is 11.8 Å². The largest absolute Gasteiger partial charge is 0.481 e. The molecular formula is C16H17F2N3O2. The highest BCUT2D eigenvalue weighted by atomic mass is 19.2. The Morgan fingerprint density at radius 3 is 2.70 bits per heavy atom. The highest BCUT2D eigenvalue weighted by Gasteiger charge is 2.34. The van der Waals surface area contributed by atoms with Crippen molar-refractivity contribution in [3.05, 3.63) is 47.2 Å². The van der Waals surface area contributed by atoms with Crippen LogP contribution in [-0.2, 0) is 0 Å². The van der Waals surface area contributed by atoms with Gasteiger partial charge in [-0.3, -0.25) is 0 Å². The average Bonchev–Trinajstić information content (AvgIpc) is 2.91. The number of halogens is 2. The number of ether oxygens (including phenoxy) is 1. The van der Waals surface area contributed by atoms with Gasteiger partial charge in [-0.15, -0.1) is 0 Å². The lowest BCUT2D eigenvalue weighted by molar-refractivity contribution is 0.194. The zero-order chi connectivity index (χ0) is 16.6. The molecule has 0 amide bonds. The number of aromatic nitrogens is 2. The van der Waals surface area contributed by atoms with Crippen LogP contribution in [0.5, 0.6) is 5.88 Å². The minimum absolute atomic E-state index is 0.316. The molecule has 1 aromatic heterocycles. The van der Waals surface area contributed by atoms with Gasteiger partial charge < -0.3 is 14.7 Å². The van der Waals surface area contributed by atoms with Crippen molar-refractivity contribution in [3.63, 3.8) is 0 Å². The van der Waals surface area contributed by atoms with E-state index in [2.05, 4.69) is 9.97 Å². The Bertz CT molecular complexity index is 726. The van der Waals surface area contributed by atoms with Crippen molar-refractivity contribution in [2.24, 2.45) is 0 Å². The Labute approximate surface area is 132 Å². The Morgan fingerprint density at radius 2 is 2.00 bits per heavy atom. The molecule has 0 bridgehead atoms. The molecule has 1 aliphatic rings. The fourth-order valence-corrected chi connectivity index (χ4v) is 2.83. The monoisotopic (exact) mass is 321 g/mol. The van der Waals surface area contributed by atoms with E-state index in [4.69, 9.17) is 4.74 Å². The van der Waals surface area contributed by atoms with E-state index in [1.807, 2.05) is 6.92 Å². The predicted molar refractivity (Wildman–Crippen MR) is 80.4 cm³/mol. The summed E-state index contributed by atoms with van der Waals surface area (Å²) < 4.78 is 31.8. The molecule has 1 fully saturated rings. The number of aliphatic hydroxyl groups is 1. The second kappa shape index (κ2) is 6.08. The van der Waals surface area contributed by atoms with Crippen molar-refractivity contribution in [1.82, 2.24) is 9.97 Å². The lowest BCUT2D eigenvalue weighted by atomic mass is 10.0. The van der Waals surface area contributed by atoms with Crippen molar-refractivity contribution in [3.8, 4) is 5.88 Å². The Morgan fingerprint density at radius 1 is 1.22 bits per heavy atom. The number of benzene rings is 1. The van der Waals surface area contributed by atoms with E-state index in [1.54, 1.807) is 11.0 Å². The lowest BCUT2D eigenvalue weighted by Gasteiger charge is -2.25. The zero-order valence-corrected chi connectivity index (χ0v) is 12.8. The van der Waals surface area contributed by atoms with Crippen LogP contribution in [-0.4, -0.2) is 34.8 Å². The highest BCUT2D eigenvalue weighted by Crippen LogP contribution is 2.35. The molecule has 1 N–H and O–H groups in total. The Kier molecular flexibility index (Phi) is 4.12. The van der Waals surface area contributed by atoms with Crippen LogP contribution < -0.4 is 9.64 Å². The summed E-state index contributed by atoms with van der Waals surface area (Å²) in [6.45, 7) is 2.13. The minimum Gasteiger partial charge on any atom is -0.481 e. The van der Waals surface area contributed by atoms with Crippen LogP contribution in [0.1, 0.15) is 23.7 Å². The quantitative estimate of drug-likeness (QED) is 0.940. The lowest BCUT2D eigenvalue weighted by Crippen LogP contribution is -2.26. The highest BCUT2D eigenvalue weighted by molar-refractivity contribution is 5.41. The van der Waals surface area contributed by atoms with Crippen LogP contribution in [0.15, 0.2) is 24.3 Å². The van der Waals surface area contributed by atoms with Gasteiger partial charge >= 0.3 is 0 Å². The number of hydrogen-bond acceptors (Lipinski definition) is 5. The van der Waals surface area contributed by atoms with Gasteiger partial charge in [-0.05, 0) is 31.0 Å². The van der Waals surface area contributed by atoms with Gasteiger partial charge in [0.15, 0.2) is 11.6 Å². The van der Waals surface area contributed by atoms with Crippen molar-refractivity contribution < 1.29 is 18.6 Å². The number of anilines is 1. The summed E-state index contributed by atoms with van der Waals surface area (Å²) in [5, 5.41) is 10.0. The van der Waals surface area contributed by atoms with Gasteiger partial charge in [-0.1, -0.05) is 6.07 Å². The van der Waals surface area contributed by atoms with E-state index < -0.39 is 17.7 Å². The summed E-state index contributed by atoms with van der Waals surface area (Å²) in [5.74, 6) is -0.995. The minimum atomic E-state index is -0.911. The number of rotatable bonds is 3. The van der Waals surface area contributed by atoms with Gasteiger partial charge in [0, 0.05) is 18.3 Å². The van der Waals surface area contributed by atoms with E-state index in [1.165, 1.54) is 13.2 Å². The molecule has 0 aliphatic carbocycles. The molecule has 1 aromatic carbocycles. The third-order valence-corrected chi connectivity index (χ3v) is 3.89. The standard InChI is InChI=1S/C16H17F2N3O2/c1-9-5-15(23-2)20-16(19-9)21-8-11(22)7-14(21)10-3-4-12(17)13(18)6-10/h3-6,11,14,22H,7-8H2,1-2H3/t11-,14-/m1/s1. The van der Waals surface area contributed by atoms with Crippen LogP contribution in [0.25, 0.3) is 0 Å². The van der Waals surface area contributed by atoms with E-state index in [0.29, 0.717) is 30.4 Å². The van der Waals surface area contributed by atoms with E-state index in [-0.39, 0.29) is 6.04 Å². The third-order valence-electron chi connectivity index (χ3n) is 3.89. The first-order chi connectivity index (χ1) is 11.0. The molecule has 1 saturated heterocycles. The number of nitrogens with zero attached hydrogens (tertiary/aromatic N) is 3. The normalized spacial score (nSPS) is 20.8. The maximum Gasteiger partial charge on any atom is 0.229 e. The van der Waals surface area contributed by atoms with E-state index in [9.17, 15) is 13.9 Å². The topological polar surface area (TPSA) is 58.5 Å². The maximum atomic E-state index is 13.5. The van der Waals surface area contributed by atoms with Crippen LogP contribution in [0.3, 0.4) is 0 Å². The van der Waals surface area contributed by atoms with E-state index in [0.717, 1.165) is 17.8 Å². The Balaban J connectivity index is 1.99. The van der Waals surface area contributed by atoms with Crippen LogP contribution >= 0.6 is 0 Å². The number of aryl methyl sites for hydroxylation is 1. The molecule has 2 aromatic rings. The van der Waals surface area contributed by atoms with Gasteiger partial charge in [0.05, 0.1) is 19.3 Å². The van der Waals surface area contributed by atoms with Crippen LogP contribution in [0.4, 0.5) is 14.7 Å². The molecule has 2 atom stereocenters. The summed E-state index contributed by atoms with van der Waals surface area (Å²) >= 11 is 0. The molecule has 122 valence electrons. The van der Waals surface area contributed by atoms with Crippen molar-refractivity contribution in [1.29, 1.82) is 0 Å². The smallest absolute Gasteiger partial charge is 0.229 e. The van der Waals surface area contributed by atoms with Crippen molar-refractivity contribution in [2.75, 3.05) is 18.6 Å². The van der Waals surface area contributed by atoms with Crippen molar-refractivity contribution >= 4 is 5.95 Å². The second-order valence-electron chi connectivity index (χ2n) is 5.58. The SMILES string of the molecule is COc1cc(C)nc(N2C[C@H](O)C[C@@H]2c2ccc(F)c(F)c2)n1. The summed E-state index contributed by atoms with van der Waals surface area (Å²) in [7, 11) is 1.51. The summed E-state index contributed by atoms with van der Waals surface area (Å²) in [6.07, 6.45) is -0.201. The molecule has 7 heteroatoms. The second-order valence-corrected chi connectivity index (χ2v) is 5.58. The molecule has 0 unspecified atom stereocenters. The molecule has 0 saturated carbocycles. The molecule has 1 aliphatic heterocycles. The first-order valence-electron chi connectivity index (χ1n) is 7.27. The maximum absolute atomic E-state index is 13.5. The number of β-amino-alcohol motifs (C(OH)–C–C–N with tert-alkyl or cyclic N) is 1. The van der Waals surface area contributed by atoms with Gasteiger partial charge in [-0.25, -0.2) is 13.8 Å². The molecule has 5 nitrogen and oxygen atoms in total. The van der Waals surface area contributed by atoms with Gasteiger partial charge in [0.1, 0.15) is 0 Å². The summed E-state index contributed by atoms with van der Waals surface area (Å²) in [4.78, 5) is 10.5. The van der Waals surface area contributed by atoms with Crippen molar-refractivity contribution in [2.45, 2.75) is 25.5 Å². The average molecular weight is 321 g/mol. The van der Waals surface area contributed by atoms with Crippen LogP contribution in [0.2, 0.25) is 0 Å². The fourth-order valence-electron chi connectivity index (χ4n) is 2.83. The number of hydrogen-bond donors (Lipinski definition) is 1. The fraction of sp³-hybridized carbons (Fsp3) is 0.375. The molecule has 0 spiro atoms. The summed E-state index contributed by atoms with van der Waals surface area (Å²) in [6, 6.07) is 5.12. The zero-order valence-electron chi connectivity index (χ0n) is 12.8. The van der Waals surface area contributed by atoms with Gasteiger partial charge in [-0.2, -0.15) is 4.98 Å². The summed E-state index contributed by atoms with van der Waals surface area (Å²) in [5.41, 5.74) is 1.29. The van der Waals surface area contributed by atoms with Gasteiger partial charge in [0.25, 0.3) is 0 Å². The molecule has 0 radical (unpaired) electrons. The first kappa shape index (κ1) is 15.6. The number of aliphatic hydroxyl groups excluding tert-OH is 1. The Hall–Kier alpha value is -2.28. The molecule has 23 heavy (non-hydrogen) atoms.